The molecule has 0 saturated heterocycles. The summed E-state index contributed by atoms with van der Waals surface area (Å²) in [6.45, 7) is 3.60. The Labute approximate surface area is 86.0 Å². The van der Waals surface area contributed by atoms with Crippen molar-refractivity contribution in [3.05, 3.63) is 0 Å². The number of carbonyl (C=O) groups is 1. The Kier molecular flexibility index (Phi) is 4.63. The van der Waals surface area contributed by atoms with Crippen LogP contribution in [0.1, 0.15) is 52.4 Å². The van der Waals surface area contributed by atoms with Crippen LogP contribution in [0.4, 0.5) is 0 Å². The van der Waals surface area contributed by atoms with Gasteiger partial charge in [-0.2, -0.15) is 5.10 Å². The second-order valence-corrected chi connectivity index (χ2v) is 3.96. The third-order valence-corrected chi connectivity index (χ3v) is 2.80. The van der Waals surface area contributed by atoms with Crippen molar-refractivity contribution in [3.8, 4) is 0 Å². The Hall–Kier alpha value is -0.860. The first-order valence-corrected chi connectivity index (χ1v) is 5.57. The van der Waals surface area contributed by atoms with E-state index in [1.165, 1.54) is 44.7 Å². The summed E-state index contributed by atoms with van der Waals surface area (Å²) in [4.78, 5) is 10.7. The van der Waals surface area contributed by atoms with Gasteiger partial charge in [0.2, 0.25) is 5.91 Å². The van der Waals surface area contributed by atoms with Gasteiger partial charge < -0.3 is 0 Å². The molecule has 0 aromatic heterocycles. The third kappa shape index (κ3) is 3.48. The number of hydrogen-bond acceptors (Lipinski definition) is 2. The van der Waals surface area contributed by atoms with Crippen molar-refractivity contribution < 1.29 is 4.79 Å². The smallest absolute Gasteiger partial charge is 0.236 e. The minimum absolute atomic E-state index is 0.0771. The minimum Gasteiger partial charge on any atom is -0.274 e. The lowest BCUT2D eigenvalue weighted by Crippen LogP contribution is -2.22. The lowest BCUT2D eigenvalue weighted by Gasteiger charge is -2.22. The Morgan fingerprint density at radius 1 is 1.36 bits per heavy atom. The number of nitrogens with zero attached hydrogens (tertiary/aromatic N) is 1. The average Bonchev–Trinajstić information content (AvgIpc) is 2.20. The van der Waals surface area contributed by atoms with Crippen LogP contribution in [-0.4, -0.2) is 11.6 Å². The van der Waals surface area contributed by atoms with E-state index in [-0.39, 0.29) is 5.91 Å². The van der Waals surface area contributed by atoms with Crippen molar-refractivity contribution in [1.29, 1.82) is 0 Å². The molecule has 0 aromatic carbocycles. The molecule has 0 unspecified atom stereocenters. The number of carbonyl (C=O) groups excluding carboxylic acids is 1. The summed E-state index contributed by atoms with van der Waals surface area (Å²) in [6.07, 6.45) is 7.41. The zero-order chi connectivity index (χ0) is 10.4. The van der Waals surface area contributed by atoms with Gasteiger partial charge >= 0.3 is 0 Å². The van der Waals surface area contributed by atoms with Gasteiger partial charge in [0.1, 0.15) is 0 Å². The van der Waals surface area contributed by atoms with E-state index >= 15 is 0 Å². The van der Waals surface area contributed by atoms with Crippen LogP contribution >= 0.6 is 0 Å². The van der Waals surface area contributed by atoms with Gasteiger partial charge in [0.25, 0.3) is 0 Å². The summed E-state index contributed by atoms with van der Waals surface area (Å²) in [5.74, 6) is 0.535. The highest BCUT2D eigenvalue weighted by atomic mass is 16.2. The summed E-state index contributed by atoms with van der Waals surface area (Å²) in [6, 6.07) is 0. The summed E-state index contributed by atoms with van der Waals surface area (Å²) >= 11 is 0. The average molecular weight is 196 g/mol. The van der Waals surface area contributed by atoms with Crippen LogP contribution in [-0.2, 0) is 4.79 Å². The van der Waals surface area contributed by atoms with E-state index in [9.17, 15) is 4.79 Å². The fraction of sp³-hybridized carbons (Fsp3) is 0.818. The SMILES string of the molecule is CC/C(=N/NC(C)=O)C1CCCCC1. The lowest BCUT2D eigenvalue weighted by molar-refractivity contribution is -0.118. The largest absolute Gasteiger partial charge is 0.274 e. The van der Waals surface area contributed by atoms with Gasteiger partial charge in [0, 0.05) is 12.6 Å². The molecule has 1 fully saturated rings. The highest BCUT2D eigenvalue weighted by Gasteiger charge is 2.17. The van der Waals surface area contributed by atoms with Crippen LogP contribution in [0.3, 0.4) is 0 Å². The maximum absolute atomic E-state index is 10.7. The molecule has 0 atom stereocenters. The molecule has 0 radical (unpaired) electrons. The molecule has 14 heavy (non-hydrogen) atoms. The summed E-state index contributed by atoms with van der Waals surface area (Å²) in [5, 5.41) is 4.18. The maximum Gasteiger partial charge on any atom is 0.236 e. The number of hydrogen-bond donors (Lipinski definition) is 1. The van der Waals surface area contributed by atoms with Gasteiger partial charge in [-0.1, -0.05) is 26.2 Å². The number of rotatable bonds is 3. The summed E-state index contributed by atoms with van der Waals surface area (Å²) in [5.41, 5.74) is 3.71. The van der Waals surface area contributed by atoms with Gasteiger partial charge in [-0.3, -0.25) is 4.79 Å². The highest BCUT2D eigenvalue weighted by Crippen LogP contribution is 2.25. The molecule has 1 aliphatic carbocycles. The molecule has 1 amide bonds. The second kappa shape index (κ2) is 5.78. The first-order valence-electron chi connectivity index (χ1n) is 5.57. The van der Waals surface area contributed by atoms with Crippen LogP contribution in [0, 0.1) is 5.92 Å². The Morgan fingerprint density at radius 2 is 2.00 bits per heavy atom. The van der Waals surface area contributed by atoms with Crippen LogP contribution in [0.2, 0.25) is 0 Å². The molecule has 0 bridgehead atoms. The molecule has 1 rings (SSSR count). The van der Waals surface area contributed by atoms with E-state index < -0.39 is 0 Å². The fourth-order valence-corrected chi connectivity index (χ4v) is 2.05. The van der Waals surface area contributed by atoms with Crippen molar-refractivity contribution >= 4 is 11.6 Å². The molecule has 3 nitrogen and oxygen atoms in total. The first kappa shape index (κ1) is 11.2. The van der Waals surface area contributed by atoms with Crippen molar-refractivity contribution in [3.63, 3.8) is 0 Å². The molecule has 1 N–H and O–H groups in total. The molecule has 1 aliphatic rings. The molecular weight excluding hydrogens is 176 g/mol. The fourth-order valence-electron chi connectivity index (χ4n) is 2.05. The van der Waals surface area contributed by atoms with E-state index in [1.54, 1.807) is 0 Å². The minimum atomic E-state index is -0.0771. The monoisotopic (exact) mass is 196 g/mol. The van der Waals surface area contributed by atoms with Crippen LogP contribution < -0.4 is 5.43 Å². The van der Waals surface area contributed by atoms with Gasteiger partial charge in [0.15, 0.2) is 0 Å². The zero-order valence-electron chi connectivity index (χ0n) is 9.18. The predicted octanol–water partition coefficient (Wildman–Crippen LogP) is 2.47. The summed E-state index contributed by atoms with van der Waals surface area (Å²) in [7, 11) is 0. The van der Waals surface area contributed by atoms with Crippen LogP contribution in [0.15, 0.2) is 5.10 Å². The van der Waals surface area contributed by atoms with E-state index in [0.717, 1.165) is 6.42 Å². The second-order valence-electron chi connectivity index (χ2n) is 3.96. The lowest BCUT2D eigenvalue weighted by atomic mass is 9.85. The molecule has 3 heteroatoms. The van der Waals surface area contributed by atoms with Crippen molar-refractivity contribution in [2.75, 3.05) is 0 Å². The maximum atomic E-state index is 10.7. The van der Waals surface area contributed by atoms with E-state index in [1.807, 2.05) is 0 Å². The van der Waals surface area contributed by atoms with E-state index in [4.69, 9.17) is 0 Å². The normalized spacial score (nSPS) is 19.4. The topological polar surface area (TPSA) is 41.5 Å². The Balaban J connectivity index is 2.50. The molecule has 1 saturated carbocycles. The van der Waals surface area contributed by atoms with E-state index in [0.29, 0.717) is 5.92 Å². The summed E-state index contributed by atoms with van der Waals surface area (Å²) < 4.78 is 0. The van der Waals surface area contributed by atoms with Gasteiger partial charge in [-0.25, -0.2) is 5.43 Å². The molecule has 0 aliphatic heterocycles. The van der Waals surface area contributed by atoms with E-state index in [2.05, 4.69) is 17.5 Å². The number of hydrazone groups is 1. The van der Waals surface area contributed by atoms with Crippen LogP contribution in [0.25, 0.3) is 0 Å². The van der Waals surface area contributed by atoms with Crippen molar-refractivity contribution in [2.24, 2.45) is 11.0 Å². The third-order valence-electron chi connectivity index (χ3n) is 2.80. The Morgan fingerprint density at radius 3 is 2.50 bits per heavy atom. The zero-order valence-corrected chi connectivity index (χ0v) is 9.18. The molecule has 80 valence electrons. The Bertz CT molecular complexity index is 217. The highest BCUT2D eigenvalue weighted by molar-refractivity contribution is 5.87. The predicted molar refractivity (Wildman–Crippen MR) is 58.1 cm³/mol. The van der Waals surface area contributed by atoms with Crippen molar-refractivity contribution in [1.82, 2.24) is 5.43 Å². The molecule has 0 aromatic rings. The van der Waals surface area contributed by atoms with Gasteiger partial charge in [-0.05, 0) is 25.2 Å². The molecular formula is C11H20N2O. The number of nitrogens with one attached hydrogen (secondary N) is 1. The van der Waals surface area contributed by atoms with Gasteiger partial charge in [0.05, 0.1) is 0 Å². The molecule has 0 spiro atoms. The standard InChI is InChI=1S/C11H20N2O/c1-3-11(13-12-9(2)14)10-7-5-4-6-8-10/h10H,3-8H2,1-2H3,(H,12,14)/b13-11-. The molecule has 0 heterocycles. The van der Waals surface area contributed by atoms with Crippen LogP contribution in [0.5, 0.6) is 0 Å². The van der Waals surface area contributed by atoms with Gasteiger partial charge in [-0.15, -0.1) is 0 Å². The quantitative estimate of drug-likeness (QED) is 0.546. The first-order chi connectivity index (χ1) is 6.74. The van der Waals surface area contributed by atoms with Crippen molar-refractivity contribution in [2.45, 2.75) is 52.4 Å². The number of amides is 1.